The Balaban J connectivity index is 1.42. The molecule has 4 rings (SSSR count). The van der Waals surface area contributed by atoms with Gasteiger partial charge in [0, 0.05) is 23.5 Å². The lowest BCUT2D eigenvalue weighted by atomic mass is 9.78. The average molecular weight is 333 g/mol. The molecule has 0 aromatic carbocycles. The lowest BCUT2D eigenvalue weighted by Crippen LogP contribution is -2.52. The molecule has 3 nitrogen and oxygen atoms in total. The van der Waals surface area contributed by atoms with Crippen LogP contribution >= 0.6 is 11.3 Å². The van der Waals surface area contributed by atoms with Crippen LogP contribution in [0.2, 0.25) is 0 Å². The summed E-state index contributed by atoms with van der Waals surface area (Å²) in [6.45, 7) is 2.71. The molecule has 3 heterocycles. The lowest BCUT2D eigenvalue weighted by Gasteiger charge is -2.44. The molecule has 0 unspecified atom stereocenters. The first-order chi connectivity index (χ1) is 11.3. The van der Waals surface area contributed by atoms with Crippen LogP contribution in [-0.4, -0.2) is 41.4 Å². The van der Waals surface area contributed by atoms with Crippen molar-refractivity contribution in [3.05, 3.63) is 22.4 Å². The summed E-state index contributed by atoms with van der Waals surface area (Å²) in [4.78, 5) is 19.1. The maximum atomic E-state index is 13.0. The maximum Gasteiger partial charge on any atom is 0.237 e. The van der Waals surface area contributed by atoms with Crippen molar-refractivity contribution in [3.8, 4) is 0 Å². The number of amides is 1. The van der Waals surface area contributed by atoms with E-state index in [4.69, 9.17) is 0 Å². The van der Waals surface area contributed by atoms with Crippen LogP contribution in [0.3, 0.4) is 0 Å². The Kier molecular flexibility index (Phi) is 4.72. The van der Waals surface area contributed by atoms with Crippen LogP contribution in [0.4, 0.5) is 0 Å². The smallest absolute Gasteiger partial charge is 0.237 e. The monoisotopic (exact) mass is 332 g/mol. The quantitative estimate of drug-likeness (QED) is 0.833. The fourth-order valence-electron chi connectivity index (χ4n) is 5.02. The summed E-state index contributed by atoms with van der Waals surface area (Å²) in [6.07, 6.45) is 10.3. The molecule has 23 heavy (non-hydrogen) atoms. The van der Waals surface area contributed by atoms with Crippen LogP contribution in [0.5, 0.6) is 0 Å². The standard InChI is InChI=1S/C19H28N2OS/c22-19(21-12-3-7-15-6-1-2-8-16(15)21)14-20-11-4-9-17(20)18-10-5-13-23-18/h5,10,13,15-17H,1-4,6-9,11-12,14H2/t15-,16-,17+/m0/s1. The molecule has 2 aliphatic heterocycles. The third-order valence-corrected chi connectivity index (χ3v) is 7.11. The second-order valence-electron chi connectivity index (χ2n) is 7.49. The number of likely N-dealkylation sites (tertiary alicyclic amines) is 2. The van der Waals surface area contributed by atoms with Gasteiger partial charge in [-0.15, -0.1) is 11.3 Å². The Bertz CT molecular complexity index is 527. The molecule has 126 valence electrons. The third kappa shape index (κ3) is 3.20. The van der Waals surface area contributed by atoms with Crippen molar-refractivity contribution < 1.29 is 4.79 Å². The third-order valence-electron chi connectivity index (χ3n) is 6.14. The van der Waals surface area contributed by atoms with Crippen LogP contribution in [0, 0.1) is 5.92 Å². The second-order valence-corrected chi connectivity index (χ2v) is 8.46. The molecule has 3 aliphatic rings. The van der Waals surface area contributed by atoms with Crippen LogP contribution in [0.15, 0.2) is 17.5 Å². The number of carbonyl (C=O) groups excluding carboxylic acids is 1. The molecule has 3 atom stereocenters. The van der Waals surface area contributed by atoms with E-state index in [1.165, 1.54) is 56.2 Å². The van der Waals surface area contributed by atoms with E-state index in [1.807, 2.05) is 11.3 Å². The minimum atomic E-state index is 0.394. The maximum absolute atomic E-state index is 13.0. The normalized spacial score (nSPS) is 32.0. The van der Waals surface area contributed by atoms with Gasteiger partial charge in [-0.1, -0.05) is 18.9 Å². The van der Waals surface area contributed by atoms with Crippen LogP contribution < -0.4 is 0 Å². The summed E-state index contributed by atoms with van der Waals surface area (Å²) in [6, 6.07) is 5.39. The van der Waals surface area contributed by atoms with E-state index >= 15 is 0 Å². The fourth-order valence-corrected chi connectivity index (χ4v) is 5.91. The Morgan fingerprint density at radius 2 is 1.91 bits per heavy atom. The van der Waals surface area contributed by atoms with E-state index in [9.17, 15) is 4.79 Å². The summed E-state index contributed by atoms with van der Waals surface area (Å²) in [5.74, 6) is 1.18. The van der Waals surface area contributed by atoms with Crippen molar-refractivity contribution in [1.29, 1.82) is 0 Å². The number of nitrogens with zero attached hydrogens (tertiary/aromatic N) is 2. The number of thiophene rings is 1. The molecule has 2 saturated heterocycles. The molecule has 1 aromatic rings. The number of fused-ring (bicyclic) bond motifs is 1. The predicted molar refractivity (Wildman–Crippen MR) is 94.6 cm³/mol. The van der Waals surface area contributed by atoms with Gasteiger partial charge < -0.3 is 4.90 Å². The molecule has 3 fully saturated rings. The Labute approximate surface area is 143 Å². The van der Waals surface area contributed by atoms with E-state index in [-0.39, 0.29) is 0 Å². The number of hydrogen-bond donors (Lipinski definition) is 0. The van der Waals surface area contributed by atoms with Gasteiger partial charge in [0.05, 0.1) is 6.54 Å². The van der Waals surface area contributed by atoms with E-state index in [2.05, 4.69) is 27.3 Å². The highest BCUT2D eigenvalue weighted by molar-refractivity contribution is 7.10. The van der Waals surface area contributed by atoms with Gasteiger partial charge in [-0.05, 0) is 62.4 Å². The SMILES string of the molecule is O=C(CN1CCC[C@@H]1c1cccs1)N1CCC[C@@H]2CCCC[C@@H]21. The minimum absolute atomic E-state index is 0.394. The number of carbonyl (C=O) groups is 1. The van der Waals surface area contributed by atoms with Gasteiger partial charge in [-0.25, -0.2) is 0 Å². The Hall–Kier alpha value is -0.870. The topological polar surface area (TPSA) is 23.6 Å². The van der Waals surface area contributed by atoms with E-state index in [0.29, 0.717) is 24.5 Å². The van der Waals surface area contributed by atoms with Crippen molar-refractivity contribution in [2.75, 3.05) is 19.6 Å². The fraction of sp³-hybridized carbons (Fsp3) is 0.737. The highest BCUT2D eigenvalue weighted by atomic mass is 32.1. The number of hydrogen-bond acceptors (Lipinski definition) is 3. The zero-order valence-electron chi connectivity index (χ0n) is 14.0. The highest BCUT2D eigenvalue weighted by Gasteiger charge is 2.37. The second kappa shape index (κ2) is 6.94. The summed E-state index contributed by atoms with van der Waals surface area (Å²) < 4.78 is 0. The highest BCUT2D eigenvalue weighted by Crippen LogP contribution is 2.37. The molecule has 1 aromatic heterocycles. The molecular formula is C19H28N2OS. The average Bonchev–Trinajstić information content (AvgIpc) is 3.25. The molecule has 0 radical (unpaired) electrons. The zero-order chi connectivity index (χ0) is 15.6. The van der Waals surface area contributed by atoms with Gasteiger partial charge in [-0.2, -0.15) is 0 Å². The van der Waals surface area contributed by atoms with Crippen LogP contribution in [0.1, 0.15) is 62.3 Å². The van der Waals surface area contributed by atoms with Crippen LogP contribution in [-0.2, 0) is 4.79 Å². The lowest BCUT2D eigenvalue weighted by molar-refractivity contribution is -0.139. The van der Waals surface area contributed by atoms with Crippen molar-refractivity contribution in [1.82, 2.24) is 9.80 Å². The molecule has 0 N–H and O–H groups in total. The van der Waals surface area contributed by atoms with E-state index < -0.39 is 0 Å². The van der Waals surface area contributed by atoms with E-state index in [0.717, 1.165) is 19.0 Å². The molecule has 1 amide bonds. The predicted octanol–water partition coefficient (Wildman–Crippen LogP) is 4.07. The van der Waals surface area contributed by atoms with Crippen LogP contribution in [0.25, 0.3) is 0 Å². The molecule has 0 spiro atoms. The largest absolute Gasteiger partial charge is 0.338 e. The van der Waals surface area contributed by atoms with Gasteiger partial charge in [-0.3, -0.25) is 9.69 Å². The summed E-state index contributed by atoms with van der Waals surface area (Å²) >= 11 is 1.84. The molecular weight excluding hydrogens is 304 g/mol. The Morgan fingerprint density at radius 1 is 1.09 bits per heavy atom. The molecule has 4 heteroatoms. The number of rotatable bonds is 3. The van der Waals surface area contributed by atoms with Gasteiger partial charge >= 0.3 is 0 Å². The summed E-state index contributed by atoms with van der Waals surface area (Å²) in [7, 11) is 0. The van der Waals surface area contributed by atoms with Crippen molar-refractivity contribution in [2.45, 2.75) is 63.5 Å². The van der Waals surface area contributed by atoms with Crippen molar-refractivity contribution >= 4 is 17.2 Å². The van der Waals surface area contributed by atoms with Gasteiger partial charge in [0.2, 0.25) is 5.91 Å². The Morgan fingerprint density at radius 3 is 2.78 bits per heavy atom. The number of piperidine rings is 1. The summed E-state index contributed by atoms with van der Waals surface area (Å²) in [5.41, 5.74) is 0. The first kappa shape index (κ1) is 15.6. The first-order valence-corrected chi connectivity index (χ1v) is 10.3. The van der Waals surface area contributed by atoms with Gasteiger partial charge in [0.25, 0.3) is 0 Å². The van der Waals surface area contributed by atoms with Gasteiger partial charge in [0.1, 0.15) is 0 Å². The van der Waals surface area contributed by atoms with Crippen molar-refractivity contribution in [2.24, 2.45) is 5.92 Å². The minimum Gasteiger partial charge on any atom is -0.338 e. The zero-order valence-corrected chi connectivity index (χ0v) is 14.8. The van der Waals surface area contributed by atoms with Gasteiger partial charge in [0.15, 0.2) is 0 Å². The molecule has 1 aliphatic carbocycles. The van der Waals surface area contributed by atoms with E-state index in [1.54, 1.807) is 0 Å². The first-order valence-electron chi connectivity index (χ1n) is 9.40. The summed E-state index contributed by atoms with van der Waals surface area (Å²) in [5, 5.41) is 2.16. The van der Waals surface area contributed by atoms with Crippen molar-refractivity contribution in [3.63, 3.8) is 0 Å². The molecule has 0 bridgehead atoms. The molecule has 1 saturated carbocycles.